The topological polar surface area (TPSA) is 92.8 Å². The molecule has 0 bridgehead atoms. The summed E-state index contributed by atoms with van der Waals surface area (Å²) < 4.78 is 6.34. The Hall–Kier alpha value is -2.41. The lowest BCUT2D eigenvalue weighted by molar-refractivity contribution is -0.394. The summed E-state index contributed by atoms with van der Waals surface area (Å²) in [5.74, 6) is 0.335. The monoisotopic (exact) mass is 400 g/mol. The number of hydrogen-bond donors (Lipinski definition) is 3. The minimum atomic E-state index is -0.474. The van der Waals surface area contributed by atoms with Crippen molar-refractivity contribution in [2.24, 2.45) is 0 Å². The highest BCUT2D eigenvalue weighted by atomic mass is 16.5. The van der Waals surface area contributed by atoms with E-state index in [1.807, 2.05) is 18.2 Å². The molecule has 1 aliphatic carbocycles. The van der Waals surface area contributed by atoms with Gasteiger partial charge in [0.2, 0.25) is 0 Å². The van der Waals surface area contributed by atoms with Gasteiger partial charge in [-0.3, -0.25) is 4.79 Å². The third-order valence-corrected chi connectivity index (χ3v) is 6.16. The van der Waals surface area contributed by atoms with E-state index in [1.165, 1.54) is 12.8 Å². The molecular formula is C22H30N3O4+. The molecule has 3 N–H and O–H groups in total. The molecule has 7 heteroatoms. The highest BCUT2D eigenvalue weighted by Crippen LogP contribution is 2.31. The number of rotatable bonds is 6. The second-order valence-electron chi connectivity index (χ2n) is 8.24. The second kappa shape index (κ2) is 8.53. The van der Waals surface area contributed by atoms with E-state index in [-0.39, 0.29) is 23.8 Å². The molecule has 29 heavy (non-hydrogen) atoms. The minimum Gasteiger partial charge on any atom is -0.489 e. The number of ether oxygens (including phenoxy) is 1. The molecule has 3 atom stereocenters. The van der Waals surface area contributed by atoms with Crippen molar-refractivity contribution in [3.05, 3.63) is 29.3 Å². The summed E-state index contributed by atoms with van der Waals surface area (Å²) in [6, 6.07) is 5.54. The van der Waals surface area contributed by atoms with Gasteiger partial charge in [0.25, 0.3) is 5.91 Å². The fourth-order valence-electron chi connectivity index (χ4n) is 4.62. The van der Waals surface area contributed by atoms with Crippen LogP contribution in [0.1, 0.15) is 67.8 Å². The average Bonchev–Trinajstić information content (AvgIpc) is 3.03. The smallest absolute Gasteiger partial charge is 0.388 e. The van der Waals surface area contributed by atoms with Crippen molar-refractivity contribution in [3.8, 4) is 5.75 Å². The van der Waals surface area contributed by atoms with E-state index in [4.69, 9.17) is 4.74 Å². The molecular weight excluding hydrogens is 370 g/mol. The SMILES string of the molecule is CCCN[C@@H]1CCCC[C@@H]1Oc1ccc2c(c1)CN(C1CCC(=O)[NH+]=C1O)C2=O. The Labute approximate surface area is 171 Å². The molecule has 3 aliphatic rings. The lowest BCUT2D eigenvalue weighted by Crippen LogP contribution is -2.82. The van der Waals surface area contributed by atoms with E-state index in [0.29, 0.717) is 31.0 Å². The molecule has 7 nitrogen and oxygen atoms in total. The van der Waals surface area contributed by atoms with Crippen molar-refractivity contribution in [3.63, 3.8) is 0 Å². The standard InChI is InChI=1S/C22H29N3O4/c1-2-11-23-17-5-3-4-6-19(17)29-15-7-8-16-14(12-15)13-25(22(16)28)18-9-10-20(26)24-21(18)27/h7-8,12,17-19,23H,2-6,9-11,13H2,1H3,(H,24,26,27)/p+1/t17-,18?,19+/m1/s1. The van der Waals surface area contributed by atoms with Crippen molar-refractivity contribution in [2.45, 2.75) is 76.6 Å². The molecule has 1 unspecified atom stereocenters. The van der Waals surface area contributed by atoms with Gasteiger partial charge in [0.05, 0.1) is 6.42 Å². The summed E-state index contributed by atoms with van der Waals surface area (Å²) in [7, 11) is 0. The first-order valence-electron chi connectivity index (χ1n) is 10.8. The number of amides is 2. The molecule has 156 valence electrons. The molecule has 2 amide bonds. The quantitative estimate of drug-likeness (QED) is 0.664. The lowest BCUT2D eigenvalue weighted by atomic mass is 9.92. The second-order valence-corrected chi connectivity index (χ2v) is 8.24. The highest BCUT2D eigenvalue weighted by Gasteiger charge is 2.41. The lowest BCUT2D eigenvalue weighted by Gasteiger charge is -2.32. The Balaban J connectivity index is 1.47. The summed E-state index contributed by atoms with van der Waals surface area (Å²) in [4.78, 5) is 28.4. The molecule has 1 aromatic rings. The normalized spacial score (nSPS) is 27.0. The number of carbonyl (C=O) groups excluding carboxylic acids is 2. The molecule has 2 heterocycles. The molecule has 0 aromatic heterocycles. The van der Waals surface area contributed by atoms with Crippen LogP contribution in [-0.2, 0) is 11.3 Å². The van der Waals surface area contributed by atoms with Gasteiger partial charge in [-0.05, 0) is 62.4 Å². The molecule has 0 radical (unpaired) electrons. The third kappa shape index (κ3) is 4.15. The van der Waals surface area contributed by atoms with Crippen LogP contribution in [-0.4, -0.2) is 52.5 Å². The summed E-state index contributed by atoms with van der Waals surface area (Å²) in [5, 5.41) is 13.7. The van der Waals surface area contributed by atoms with Crippen LogP contribution in [0.2, 0.25) is 0 Å². The van der Waals surface area contributed by atoms with E-state index in [0.717, 1.165) is 37.1 Å². The number of nitrogens with zero attached hydrogens (tertiary/aromatic N) is 1. The van der Waals surface area contributed by atoms with Crippen LogP contribution in [0.3, 0.4) is 0 Å². The molecule has 1 saturated carbocycles. The molecule has 0 saturated heterocycles. The molecule has 1 aromatic carbocycles. The Morgan fingerprint density at radius 1 is 1.24 bits per heavy atom. The van der Waals surface area contributed by atoms with E-state index >= 15 is 0 Å². The Kier molecular flexibility index (Phi) is 5.85. The van der Waals surface area contributed by atoms with Crippen LogP contribution in [0.25, 0.3) is 0 Å². The summed E-state index contributed by atoms with van der Waals surface area (Å²) in [6.45, 7) is 3.58. The van der Waals surface area contributed by atoms with Crippen molar-refractivity contribution in [1.82, 2.24) is 10.2 Å². The summed E-state index contributed by atoms with van der Waals surface area (Å²) in [6.07, 6.45) is 6.56. The number of nitrogens with one attached hydrogen (secondary N) is 2. The number of benzene rings is 1. The maximum atomic E-state index is 12.8. The van der Waals surface area contributed by atoms with Gasteiger partial charge in [-0.15, -0.1) is 4.99 Å². The van der Waals surface area contributed by atoms with Crippen LogP contribution >= 0.6 is 0 Å². The first kappa shape index (κ1) is 19.9. The highest BCUT2D eigenvalue weighted by molar-refractivity contribution is 6.01. The van der Waals surface area contributed by atoms with Crippen LogP contribution in [0, 0.1) is 0 Å². The number of hydrogen-bond acceptors (Lipinski definition) is 4. The maximum Gasteiger partial charge on any atom is 0.388 e. The van der Waals surface area contributed by atoms with E-state index < -0.39 is 6.04 Å². The average molecular weight is 400 g/mol. The zero-order valence-corrected chi connectivity index (χ0v) is 16.9. The van der Waals surface area contributed by atoms with Gasteiger partial charge in [-0.25, -0.2) is 4.79 Å². The number of fused-ring (bicyclic) bond motifs is 1. The van der Waals surface area contributed by atoms with Crippen molar-refractivity contribution in [1.29, 1.82) is 0 Å². The number of aliphatic hydroxyl groups is 1. The number of carbonyl (C=O) groups is 2. The minimum absolute atomic E-state index is 0.112. The zero-order valence-electron chi connectivity index (χ0n) is 16.9. The zero-order chi connectivity index (χ0) is 20.4. The number of aliphatic hydroxyl groups excluding tert-OH is 1. The third-order valence-electron chi connectivity index (χ3n) is 6.16. The molecule has 0 spiro atoms. The van der Waals surface area contributed by atoms with E-state index in [1.54, 1.807) is 4.90 Å². The molecule has 4 rings (SSSR count). The van der Waals surface area contributed by atoms with Gasteiger partial charge in [0.1, 0.15) is 11.9 Å². The van der Waals surface area contributed by atoms with Crippen molar-refractivity contribution >= 4 is 17.7 Å². The van der Waals surface area contributed by atoms with Gasteiger partial charge >= 0.3 is 11.8 Å². The van der Waals surface area contributed by atoms with E-state index in [2.05, 4.69) is 17.2 Å². The molecule has 1 fully saturated rings. The van der Waals surface area contributed by atoms with Crippen LogP contribution < -0.4 is 15.0 Å². The van der Waals surface area contributed by atoms with Crippen LogP contribution in [0.15, 0.2) is 18.2 Å². The van der Waals surface area contributed by atoms with Gasteiger partial charge in [-0.2, -0.15) is 0 Å². The summed E-state index contributed by atoms with van der Waals surface area (Å²) >= 11 is 0. The predicted octanol–water partition coefficient (Wildman–Crippen LogP) is 1.06. The van der Waals surface area contributed by atoms with Gasteiger partial charge in [0.15, 0.2) is 6.04 Å². The van der Waals surface area contributed by atoms with Gasteiger partial charge < -0.3 is 20.1 Å². The van der Waals surface area contributed by atoms with Gasteiger partial charge in [-0.1, -0.05) is 13.3 Å². The first-order chi connectivity index (χ1) is 14.1. The Morgan fingerprint density at radius 3 is 2.86 bits per heavy atom. The largest absolute Gasteiger partial charge is 0.489 e. The predicted molar refractivity (Wildman–Crippen MR) is 108 cm³/mol. The van der Waals surface area contributed by atoms with Crippen LogP contribution in [0.5, 0.6) is 5.75 Å². The Bertz CT molecular complexity index is 822. The maximum absolute atomic E-state index is 12.8. The van der Waals surface area contributed by atoms with E-state index in [9.17, 15) is 14.7 Å². The van der Waals surface area contributed by atoms with Gasteiger partial charge in [0, 0.05) is 18.2 Å². The fourth-order valence-corrected chi connectivity index (χ4v) is 4.62. The van der Waals surface area contributed by atoms with Crippen molar-refractivity contribution in [2.75, 3.05) is 6.54 Å². The Morgan fingerprint density at radius 2 is 2.07 bits per heavy atom. The summed E-state index contributed by atoms with van der Waals surface area (Å²) in [5.41, 5.74) is 1.55. The van der Waals surface area contributed by atoms with Crippen LogP contribution in [0.4, 0.5) is 0 Å². The molecule has 2 aliphatic heterocycles. The van der Waals surface area contributed by atoms with Crippen molar-refractivity contribution < 1.29 is 24.4 Å². The first-order valence-corrected chi connectivity index (χ1v) is 10.8. The fraction of sp³-hybridized carbons (Fsp3) is 0.591.